The second-order valence-corrected chi connectivity index (χ2v) is 2.82. The zero-order chi connectivity index (χ0) is 8.27. The van der Waals surface area contributed by atoms with Crippen molar-refractivity contribution < 1.29 is 4.42 Å². The summed E-state index contributed by atoms with van der Waals surface area (Å²) >= 11 is 0. The van der Waals surface area contributed by atoms with Crippen LogP contribution in [-0.4, -0.2) is 0 Å². The van der Waals surface area contributed by atoms with E-state index in [0.29, 0.717) is 12.5 Å². The molecule has 0 aliphatic rings. The SMILES string of the molecule is CCC(C)c1ccc(CN)o1. The third-order valence-electron chi connectivity index (χ3n) is 1.98. The van der Waals surface area contributed by atoms with Crippen molar-refractivity contribution in [3.05, 3.63) is 23.7 Å². The average Bonchev–Trinajstić information content (AvgIpc) is 2.50. The van der Waals surface area contributed by atoms with Gasteiger partial charge in [-0.05, 0) is 18.6 Å². The van der Waals surface area contributed by atoms with Crippen LogP contribution in [0.4, 0.5) is 0 Å². The lowest BCUT2D eigenvalue weighted by atomic mass is 10.1. The Bertz CT molecular complexity index is 217. The van der Waals surface area contributed by atoms with Crippen LogP contribution in [0.25, 0.3) is 0 Å². The van der Waals surface area contributed by atoms with Gasteiger partial charge in [-0.25, -0.2) is 0 Å². The maximum absolute atomic E-state index is 5.46. The average molecular weight is 153 g/mol. The van der Waals surface area contributed by atoms with Crippen molar-refractivity contribution in [1.82, 2.24) is 0 Å². The van der Waals surface area contributed by atoms with Crippen LogP contribution in [0, 0.1) is 0 Å². The maximum Gasteiger partial charge on any atom is 0.117 e. The molecular weight excluding hydrogens is 138 g/mol. The summed E-state index contributed by atoms with van der Waals surface area (Å²) in [6, 6.07) is 3.96. The van der Waals surface area contributed by atoms with Gasteiger partial charge in [0.05, 0.1) is 6.54 Å². The zero-order valence-electron chi connectivity index (χ0n) is 7.13. The molecule has 0 aliphatic carbocycles. The number of nitrogens with two attached hydrogens (primary N) is 1. The van der Waals surface area contributed by atoms with Crippen LogP contribution in [0.15, 0.2) is 16.5 Å². The van der Waals surface area contributed by atoms with Gasteiger partial charge in [-0.1, -0.05) is 13.8 Å². The van der Waals surface area contributed by atoms with Crippen molar-refractivity contribution >= 4 is 0 Å². The molecule has 1 rings (SSSR count). The van der Waals surface area contributed by atoms with Crippen LogP contribution < -0.4 is 5.73 Å². The molecule has 2 heteroatoms. The number of furan rings is 1. The first-order chi connectivity index (χ1) is 5.27. The lowest BCUT2D eigenvalue weighted by Crippen LogP contribution is -1.93. The quantitative estimate of drug-likeness (QED) is 0.723. The largest absolute Gasteiger partial charge is 0.464 e. The smallest absolute Gasteiger partial charge is 0.117 e. The summed E-state index contributed by atoms with van der Waals surface area (Å²) in [5.74, 6) is 2.43. The first-order valence-corrected chi connectivity index (χ1v) is 4.06. The van der Waals surface area contributed by atoms with E-state index in [1.165, 1.54) is 0 Å². The molecular formula is C9H15NO. The Balaban J connectivity index is 2.71. The Kier molecular flexibility index (Phi) is 2.71. The first-order valence-electron chi connectivity index (χ1n) is 4.06. The van der Waals surface area contributed by atoms with Gasteiger partial charge in [0.1, 0.15) is 11.5 Å². The molecule has 11 heavy (non-hydrogen) atoms. The lowest BCUT2D eigenvalue weighted by Gasteiger charge is -2.02. The summed E-state index contributed by atoms with van der Waals surface area (Å²) in [5, 5.41) is 0. The highest BCUT2D eigenvalue weighted by Crippen LogP contribution is 2.20. The minimum absolute atomic E-state index is 0.496. The minimum Gasteiger partial charge on any atom is -0.464 e. The van der Waals surface area contributed by atoms with Crippen molar-refractivity contribution in [2.75, 3.05) is 0 Å². The molecule has 0 aliphatic heterocycles. The van der Waals surface area contributed by atoms with E-state index in [1.807, 2.05) is 12.1 Å². The second kappa shape index (κ2) is 3.58. The van der Waals surface area contributed by atoms with Gasteiger partial charge in [0.15, 0.2) is 0 Å². The highest BCUT2D eigenvalue weighted by atomic mass is 16.3. The molecule has 0 amide bonds. The molecule has 1 unspecified atom stereocenters. The zero-order valence-corrected chi connectivity index (χ0v) is 7.13. The Hall–Kier alpha value is -0.760. The van der Waals surface area contributed by atoms with Gasteiger partial charge in [0, 0.05) is 5.92 Å². The normalized spacial score (nSPS) is 13.4. The van der Waals surface area contributed by atoms with E-state index in [2.05, 4.69) is 13.8 Å². The summed E-state index contributed by atoms with van der Waals surface area (Å²) in [4.78, 5) is 0. The molecule has 1 heterocycles. The summed E-state index contributed by atoms with van der Waals surface area (Å²) < 4.78 is 5.46. The van der Waals surface area contributed by atoms with Crippen molar-refractivity contribution in [2.24, 2.45) is 5.73 Å². The van der Waals surface area contributed by atoms with Crippen molar-refractivity contribution in [3.63, 3.8) is 0 Å². The van der Waals surface area contributed by atoms with Gasteiger partial charge < -0.3 is 10.2 Å². The first kappa shape index (κ1) is 8.34. The standard InChI is InChI=1S/C9H15NO/c1-3-7(2)9-5-4-8(6-10)11-9/h4-5,7H,3,6,10H2,1-2H3. The van der Waals surface area contributed by atoms with Crippen LogP contribution in [0.3, 0.4) is 0 Å². The molecule has 0 saturated heterocycles. The summed E-state index contributed by atoms with van der Waals surface area (Å²) in [6.07, 6.45) is 1.11. The molecule has 0 bridgehead atoms. The Morgan fingerprint density at radius 2 is 2.27 bits per heavy atom. The summed E-state index contributed by atoms with van der Waals surface area (Å²) in [6.45, 7) is 4.80. The van der Waals surface area contributed by atoms with Crippen LogP contribution in [-0.2, 0) is 6.54 Å². The topological polar surface area (TPSA) is 39.2 Å². The third-order valence-corrected chi connectivity index (χ3v) is 1.98. The summed E-state index contributed by atoms with van der Waals surface area (Å²) in [7, 11) is 0. The molecule has 1 atom stereocenters. The fourth-order valence-corrected chi connectivity index (χ4v) is 0.970. The van der Waals surface area contributed by atoms with Gasteiger partial charge in [0.2, 0.25) is 0 Å². The maximum atomic E-state index is 5.46. The lowest BCUT2D eigenvalue weighted by molar-refractivity contribution is 0.436. The van der Waals surface area contributed by atoms with E-state index in [9.17, 15) is 0 Å². The molecule has 2 nitrogen and oxygen atoms in total. The van der Waals surface area contributed by atoms with Crippen molar-refractivity contribution in [3.8, 4) is 0 Å². The van der Waals surface area contributed by atoms with Crippen molar-refractivity contribution in [2.45, 2.75) is 32.7 Å². The van der Waals surface area contributed by atoms with E-state index in [1.54, 1.807) is 0 Å². The number of hydrogen-bond acceptors (Lipinski definition) is 2. The molecule has 2 N–H and O–H groups in total. The van der Waals surface area contributed by atoms with Gasteiger partial charge in [-0.2, -0.15) is 0 Å². The highest BCUT2D eigenvalue weighted by Gasteiger charge is 2.06. The highest BCUT2D eigenvalue weighted by molar-refractivity contribution is 5.10. The Morgan fingerprint density at radius 3 is 2.73 bits per heavy atom. The molecule has 0 saturated carbocycles. The van der Waals surface area contributed by atoms with Crippen LogP contribution in [0.5, 0.6) is 0 Å². The molecule has 1 aromatic rings. The van der Waals surface area contributed by atoms with E-state index in [0.717, 1.165) is 17.9 Å². The second-order valence-electron chi connectivity index (χ2n) is 2.82. The monoisotopic (exact) mass is 153 g/mol. The molecule has 0 radical (unpaired) electrons. The fourth-order valence-electron chi connectivity index (χ4n) is 0.970. The molecule has 0 spiro atoms. The number of hydrogen-bond donors (Lipinski definition) is 1. The predicted octanol–water partition coefficient (Wildman–Crippen LogP) is 2.25. The molecule has 0 fully saturated rings. The third kappa shape index (κ3) is 1.84. The molecule has 0 aromatic carbocycles. The predicted molar refractivity (Wildman–Crippen MR) is 45.3 cm³/mol. The van der Waals surface area contributed by atoms with Crippen LogP contribution >= 0.6 is 0 Å². The van der Waals surface area contributed by atoms with Crippen LogP contribution in [0.2, 0.25) is 0 Å². The fraction of sp³-hybridized carbons (Fsp3) is 0.556. The Labute approximate surface area is 67.4 Å². The van der Waals surface area contributed by atoms with E-state index in [-0.39, 0.29) is 0 Å². The minimum atomic E-state index is 0.496. The van der Waals surface area contributed by atoms with Crippen molar-refractivity contribution in [1.29, 1.82) is 0 Å². The Morgan fingerprint density at radius 1 is 1.55 bits per heavy atom. The van der Waals surface area contributed by atoms with Crippen LogP contribution in [0.1, 0.15) is 37.7 Å². The van der Waals surface area contributed by atoms with E-state index in [4.69, 9.17) is 10.2 Å². The van der Waals surface area contributed by atoms with Gasteiger partial charge in [-0.15, -0.1) is 0 Å². The van der Waals surface area contributed by atoms with Gasteiger partial charge >= 0.3 is 0 Å². The van der Waals surface area contributed by atoms with E-state index >= 15 is 0 Å². The van der Waals surface area contributed by atoms with E-state index < -0.39 is 0 Å². The molecule has 62 valence electrons. The summed E-state index contributed by atoms with van der Waals surface area (Å²) in [5.41, 5.74) is 5.41. The molecule has 1 aromatic heterocycles. The number of rotatable bonds is 3. The van der Waals surface area contributed by atoms with Gasteiger partial charge in [-0.3, -0.25) is 0 Å². The van der Waals surface area contributed by atoms with Gasteiger partial charge in [0.25, 0.3) is 0 Å².